The summed E-state index contributed by atoms with van der Waals surface area (Å²) in [4.78, 5) is 186. The van der Waals surface area contributed by atoms with Gasteiger partial charge in [-0.25, -0.2) is 4.98 Å². The van der Waals surface area contributed by atoms with Gasteiger partial charge in [0.1, 0.15) is 59.8 Å². The van der Waals surface area contributed by atoms with Gasteiger partial charge in [-0.2, -0.15) is 0 Å². The van der Waals surface area contributed by atoms with Crippen LogP contribution < -0.4 is 81.4 Å². The first-order chi connectivity index (χ1) is 50.2. The number of primary amides is 1. The number of hydrogen-bond acceptors (Lipinski definition) is 18. The second-order valence-corrected chi connectivity index (χ2v) is 25.4. The van der Waals surface area contributed by atoms with Gasteiger partial charge >= 0.3 is 0 Å². The number of phenols is 2. The number of aromatic amines is 2. The zero-order valence-corrected chi connectivity index (χ0v) is 57.3. The van der Waals surface area contributed by atoms with Gasteiger partial charge in [-0.05, 0) is 97.2 Å². The highest BCUT2D eigenvalue weighted by molar-refractivity contribution is 6.02. The van der Waals surface area contributed by atoms with Crippen molar-refractivity contribution in [1.82, 2.24) is 73.4 Å². The average Bonchev–Trinajstić information content (AvgIpc) is 1.74. The van der Waals surface area contributed by atoms with Gasteiger partial charge in [0.25, 0.3) is 0 Å². The number of rotatable bonds is 23. The van der Waals surface area contributed by atoms with Gasteiger partial charge in [0, 0.05) is 55.6 Å². The number of nitrogens with one attached hydrogen (secondary N) is 14. The number of H-pyrrole nitrogens is 2. The molecule has 1 aliphatic rings. The molecule has 0 unspecified atom stereocenters. The van der Waals surface area contributed by atoms with Crippen molar-refractivity contribution in [3.05, 3.63) is 186 Å². The maximum atomic E-state index is 15.4. The van der Waals surface area contributed by atoms with Crippen molar-refractivity contribution < 1.29 is 67.7 Å². The third kappa shape index (κ3) is 24.1. The number of para-hydroxylation sites is 1. The zero-order valence-electron chi connectivity index (χ0n) is 57.3. The number of aromatic nitrogens is 3. The molecular formula is C72H87N19O14. The number of imidazole rings is 1. The van der Waals surface area contributed by atoms with Gasteiger partial charge in [0.15, 0.2) is 11.7 Å². The molecule has 2 aromatic heterocycles. The van der Waals surface area contributed by atoms with Crippen molar-refractivity contribution in [3.8, 4) is 11.5 Å². The van der Waals surface area contributed by atoms with Gasteiger partial charge in [-0.1, -0.05) is 103 Å². The molecule has 1 saturated heterocycles. The predicted molar refractivity (Wildman–Crippen MR) is 383 cm³/mol. The molecular weight excluding hydrogens is 1350 g/mol. The Bertz CT molecular complexity index is 4200. The third-order valence-corrected chi connectivity index (χ3v) is 17.2. The summed E-state index contributed by atoms with van der Waals surface area (Å²) in [6, 6.07) is 16.9. The Morgan fingerprint density at radius 1 is 0.533 bits per heavy atom. The maximum absolute atomic E-state index is 15.4. The molecule has 554 valence electrons. The van der Waals surface area contributed by atoms with Crippen LogP contribution in [0.4, 0.5) is 0 Å². The van der Waals surface area contributed by atoms with Crippen molar-refractivity contribution in [2.75, 3.05) is 13.1 Å². The van der Waals surface area contributed by atoms with E-state index in [-0.39, 0.29) is 68.7 Å². The minimum atomic E-state index is -1.98. The van der Waals surface area contributed by atoms with Gasteiger partial charge < -0.3 is 102 Å². The lowest BCUT2D eigenvalue weighted by Gasteiger charge is -2.28. The molecule has 105 heavy (non-hydrogen) atoms. The zero-order chi connectivity index (χ0) is 75.7. The Labute approximate surface area is 602 Å². The van der Waals surface area contributed by atoms with Crippen molar-refractivity contribution >= 4 is 87.6 Å². The van der Waals surface area contributed by atoms with Crippen molar-refractivity contribution in [3.63, 3.8) is 0 Å². The predicted octanol–water partition coefficient (Wildman–Crippen LogP) is -2.68. The molecule has 0 spiro atoms. The highest BCUT2D eigenvalue weighted by atomic mass is 16.3. The molecule has 3 heterocycles. The van der Waals surface area contributed by atoms with Crippen LogP contribution in [0.25, 0.3) is 10.9 Å². The van der Waals surface area contributed by atoms with Crippen LogP contribution in [0.2, 0.25) is 0 Å². The van der Waals surface area contributed by atoms with Gasteiger partial charge in [-0.3, -0.25) is 62.9 Å². The lowest BCUT2D eigenvalue weighted by atomic mass is 9.96. The Hall–Kier alpha value is -12.5. The van der Waals surface area contributed by atoms with E-state index in [1.165, 1.54) is 68.0 Å². The van der Waals surface area contributed by atoms with E-state index in [0.29, 0.717) is 38.7 Å². The first-order valence-corrected chi connectivity index (χ1v) is 33.8. The highest BCUT2D eigenvalue weighted by Gasteiger charge is 2.39. The number of fused-ring (bicyclic) bond motifs is 1. The van der Waals surface area contributed by atoms with Crippen LogP contribution in [-0.2, 0) is 96.1 Å². The quantitative estimate of drug-likeness (QED) is 0.0176. The summed E-state index contributed by atoms with van der Waals surface area (Å²) in [5.74, 6) is -13.0. The van der Waals surface area contributed by atoms with Crippen LogP contribution in [0.1, 0.15) is 66.1 Å². The van der Waals surface area contributed by atoms with E-state index in [4.69, 9.17) is 28.3 Å². The normalized spacial score (nSPS) is 21.2. The number of aromatic hydroxyl groups is 2. The number of Topliss-reactive ketones (excluding diaryl/α,β-unsaturated/α-hetero) is 1. The van der Waals surface area contributed by atoms with E-state index in [1.54, 1.807) is 91.1 Å². The van der Waals surface area contributed by atoms with Crippen LogP contribution in [0.3, 0.4) is 0 Å². The third-order valence-electron chi connectivity index (χ3n) is 17.2. The van der Waals surface area contributed by atoms with E-state index < -0.39 is 169 Å². The van der Waals surface area contributed by atoms with Gasteiger partial charge in [0.2, 0.25) is 65.0 Å². The molecule has 33 nitrogen and oxygen atoms in total. The van der Waals surface area contributed by atoms with E-state index >= 15 is 24.0 Å². The number of amides is 11. The Balaban J connectivity index is 1.23. The van der Waals surface area contributed by atoms with Gasteiger partial charge in [-0.15, -0.1) is 0 Å². The number of phenolic OH excluding ortho intramolecular Hbond substituents is 2. The smallest absolute Gasteiger partial charge is 0.243 e. The van der Waals surface area contributed by atoms with Crippen LogP contribution in [0.15, 0.2) is 152 Å². The molecule has 8 rings (SSSR count). The largest absolute Gasteiger partial charge is 0.508 e. The summed E-state index contributed by atoms with van der Waals surface area (Å²) in [6.07, 6.45) is 0.707. The number of guanidine groups is 1. The van der Waals surface area contributed by atoms with E-state index in [1.807, 2.05) is 0 Å². The number of nitrogens with two attached hydrogens (primary N) is 4. The maximum Gasteiger partial charge on any atom is 0.243 e. The number of nitrogens with zero attached hydrogens (tertiary/aromatic N) is 1. The first kappa shape index (κ1) is 78.2. The fourth-order valence-corrected chi connectivity index (χ4v) is 11.6. The number of hydrogen-bond donors (Lipinski definition) is 20. The fraction of sp³-hybridized carbons (Fsp3) is 0.333. The lowest BCUT2D eigenvalue weighted by molar-refractivity contribution is -0.136. The molecule has 0 aliphatic carbocycles. The molecule has 33 heteroatoms. The van der Waals surface area contributed by atoms with E-state index in [9.17, 15) is 43.8 Å². The molecule has 0 bridgehead atoms. The molecule has 0 radical (unpaired) electrons. The fourth-order valence-electron chi connectivity index (χ4n) is 11.6. The molecule has 7 aromatic rings. The molecule has 1 fully saturated rings. The summed E-state index contributed by atoms with van der Waals surface area (Å²) >= 11 is 0. The Kier molecular flexibility index (Phi) is 28.3. The standard InChI is InChI=1S/C72H87N19O14/c1-39-63(97)86-53(29-40-11-4-2-5-12-40)62(96)59(37-81-64(98)49(73)27-42-18-22-46(92)23-19-42)84-61(95)34-58(87-65(99)50(74)28-43-20-24-47(93)25-21-43)71(105)90-56(32-45-36-78-38-82-45)70(104)88-54(30-41-13-6-3-7-14-41)68(102)85-52(17-10-26-79-72(76)77)66(100)89-55(31-44-35-80-51-16-9-8-15-48(44)51)69(103)91-57(33-60(75)94)67(101)83-39/h2-9,11-16,18-25,35-36,38-39,49-50,52-59,80,92-93H,10,17,26-34,37,73-74H2,1H3,(H2,75,94)(H,78,82)(H,81,98)(H,83,101)(H,84,95)(H,85,102)(H,86,97)(H,87,99)(H,88,104)(H,89,100)(H,90,105)(H,91,103)(H4,76,77,79)/t39-,49-,50-,52-,53-,54-,55-,56-,57-,58-,59-/m0/s1. The van der Waals surface area contributed by atoms with Gasteiger partial charge in [0.05, 0.1) is 43.0 Å². The number of carbonyl (C=O) groups is 12. The summed E-state index contributed by atoms with van der Waals surface area (Å²) in [5.41, 5.74) is 27.4. The second kappa shape index (κ2) is 37.9. The summed E-state index contributed by atoms with van der Waals surface area (Å²) < 4.78 is 0. The number of ketones is 1. The second-order valence-electron chi connectivity index (χ2n) is 25.4. The molecule has 11 amide bonds. The summed E-state index contributed by atoms with van der Waals surface area (Å²) in [7, 11) is 0. The summed E-state index contributed by atoms with van der Waals surface area (Å²) in [6.45, 7) is 0.483. The van der Waals surface area contributed by atoms with Crippen molar-refractivity contribution in [1.29, 1.82) is 5.41 Å². The minimum absolute atomic E-state index is 0.00259. The SMILES string of the molecule is C[C@@H]1NC(=O)[C@H](CC(N)=O)NC(=O)[C@H](Cc2c[nH]c3ccccc23)NC(=O)[C@H](CCCNC(=N)N)NC(=O)[C@H](Cc2ccccc2)NC(=O)[C@H](Cc2c[nH]cn2)NC(=O)[C@@H](NC(=O)[C@@H](N)Cc2ccc(O)cc2)CC(=O)N[C@@H](CNC(=O)[C@@H](N)Cc2ccc(O)cc2)C(=O)[C@H](Cc2ccccc2)NC1=O. The van der Waals surface area contributed by atoms with Crippen LogP contribution in [0.5, 0.6) is 11.5 Å². The van der Waals surface area contributed by atoms with Crippen LogP contribution in [-0.4, -0.2) is 181 Å². The molecule has 5 aromatic carbocycles. The first-order valence-electron chi connectivity index (χ1n) is 33.8. The molecule has 24 N–H and O–H groups in total. The Morgan fingerprint density at radius 2 is 1.04 bits per heavy atom. The van der Waals surface area contributed by atoms with Crippen molar-refractivity contribution in [2.24, 2.45) is 22.9 Å². The Morgan fingerprint density at radius 3 is 1.62 bits per heavy atom. The average molecular weight is 1440 g/mol. The molecule has 1 aliphatic heterocycles. The number of benzene rings is 5. The van der Waals surface area contributed by atoms with Crippen LogP contribution in [0, 0.1) is 5.41 Å². The lowest BCUT2D eigenvalue weighted by Crippen LogP contribution is -2.61. The summed E-state index contributed by atoms with van der Waals surface area (Å²) in [5, 5.41) is 56.9. The monoisotopic (exact) mass is 1440 g/mol. The van der Waals surface area contributed by atoms with Crippen LogP contribution >= 0.6 is 0 Å². The highest BCUT2D eigenvalue weighted by Crippen LogP contribution is 2.21. The topological polar surface area (TPSA) is 550 Å². The van der Waals surface area contributed by atoms with Crippen molar-refractivity contribution in [2.45, 2.75) is 138 Å². The molecule has 0 saturated carbocycles. The molecule has 11 atom stereocenters. The van der Waals surface area contributed by atoms with E-state index in [0.717, 1.165) is 0 Å². The minimum Gasteiger partial charge on any atom is -0.508 e. The van der Waals surface area contributed by atoms with E-state index in [2.05, 4.69) is 73.4 Å². The number of carbonyl (C=O) groups excluding carboxylic acids is 12.